The van der Waals surface area contributed by atoms with Gasteiger partial charge in [-0.1, -0.05) is 97.1 Å². The van der Waals surface area contributed by atoms with E-state index < -0.39 is 0 Å². The fourth-order valence-corrected chi connectivity index (χ4v) is 5.33. The second-order valence-electron chi connectivity index (χ2n) is 8.21. The summed E-state index contributed by atoms with van der Waals surface area (Å²) in [6.07, 6.45) is 0. The summed E-state index contributed by atoms with van der Waals surface area (Å²) >= 11 is 0. The Bertz CT molecular complexity index is 1520. The molecule has 0 amide bonds. The van der Waals surface area contributed by atoms with Crippen LogP contribution in [0.5, 0.6) is 0 Å². The first-order valence-electron chi connectivity index (χ1n) is 10.9. The van der Waals surface area contributed by atoms with Crippen molar-refractivity contribution in [1.29, 1.82) is 0 Å². The molecule has 6 aromatic carbocycles. The molecule has 0 saturated carbocycles. The second kappa shape index (κ2) is 7.45. The van der Waals surface area contributed by atoms with Gasteiger partial charge in [-0.25, -0.2) is 0 Å². The molecule has 0 radical (unpaired) electrons. The Morgan fingerprint density at radius 1 is 0.344 bits per heavy atom. The number of hydrogen-bond donors (Lipinski definition) is 2. The van der Waals surface area contributed by atoms with Crippen LogP contribution < -0.4 is 0 Å². The minimum absolute atomic E-state index is 0.0767. The van der Waals surface area contributed by atoms with Gasteiger partial charge in [0, 0.05) is 0 Å². The summed E-state index contributed by atoms with van der Waals surface area (Å²) in [5, 5.41) is 30.1. The first kappa shape index (κ1) is 19.0. The van der Waals surface area contributed by atoms with Gasteiger partial charge in [0.05, 0.1) is 13.2 Å². The quantitative estimate of drug-likeness (QED) is 0.308. The summed E-state index contributed by atoms with van der Waals surface area (Å²) < 4.78 is 0. The Balaban J connectivity index is 1.94. The van der Waals surface area contributed by atoms with E-state index in [9.17, 15) is 10.2 Å². The van der Waals surface area contributed by atoms with E-state index in [1.165, 1.54) is 0 Å². The Morgan fingerprint density at radius 3 is 0.906 bits per heavy atom. The van der Waals surface area contributed by atoms with Crippen LogP contribution in [0, 0.1) is 0 Å². The van der Waals surface area contributed by atoms with Gasteiger partial charge in [0.15, 0.2) is 0 Å². The van der Waals surface area contributed by atoms with Crippen LogP contribution in [0.4, 0.5) is 0 Å². The van der Waals surface area contributed by atoms with E-state index in [2.05, 4.69) is 60.7 Å². The van der Waals surface area contributed by atoms with Crippen LogP contribution in [0.3, 0.4) is 0 Å². The summed E-state index contributed by atoms with van der Waals surface area (Å²) in [4.78, 5) is 0. The smallest absolute Gasteiger partial charge is 0.0694 e. The Kier molecular flexibility index (Phi) is 4.43. The maximum atomic E-state index is 10.6. The van der Waals surface area contributed by atoms with Crippen LogP contribution >= 0.6 is 0 Å². The molecule has 6 aromatic rings. The number of aliphatic hydroxyl groups excluding tert-OH is 2. The Hall–Kier alpha value is -3.72. The molecule has 6 rings (SSSR count). The zero-order valence-electron chi connectivity index (χ0n) is 17.5. The predicted octanol–water partition coefficient (Wildman–Crippen LogP) is 6.95. The average Bonchev–Trinajstić information content (AvgIpc) is 2.87. The molecule has 0 aliphatic rings. The fourth-order valence-electron chi connectivity index (χ4n) is 5.33. The summed E-state index contributed by atoms with van der Waals surface area (Å²) in [5.41, 5.74) is 3.81. The largest absolute Gasteiger partial charge is 0.392 e. The summed E-state index contributed by atoms with van der Waals surface area (Å²) in [7, 11) is 0. The highest BCUT2D eigenvalue weighted by Crippen LogP contribution is 2.45. The van der Waals surface area contributed by atoms with Gasteiger partial charge in [0.25, 0.3) is 0 Å². The van der Waals surface area contributed by atoms with Gasteiger partial charge in [0.2, 0.25) is 0 Å². The number of benzene rings is 6. The fraction of sp³-hybridized carbons (Fsp3) is 0.0667. The van der Waals surface area contributed by atoms with Crippen molar-refractivity contribution in [3.8, 4) is 11.1 Å². The zero-order chi connectivity index (χ0) is 21.7. The molecule has 0 atom stereocenters. The average molecular weight is 415 g/mol. The van der Waals surface area contributed by atoms with Gasteiger partial charge < -0.3 is 10.2 Å². The van der Waals surface area contributed by atoms with Crippen molar-refractivity contribution in [3.05, 3.63) is 108 Å². The first-order chi connectivity index (χ1) is 15.8. The third-order valence-corrected chi connectivity index (χ3v) is 6.65. The third-order valence-electron chi connectivity index (χ3n) is 6.65. The molecule has 154 valence electrons. The Labute approximate surface area is 186 Å². The number of rotatable bonds is 3. The molecule has 2 nitrogen and oxygen atoms in total. The van der Waals surface area contributed by atoms with Crippen molar-refractivity contribution in [2.45, 2.75) is 13.2 Å². The molecule has 0 spiro atoms. The SMILES string of the molecule is OCc1c(-c2c(CO)c3ccccc3c3ccccc23)c2ccccc2c2ccccc12. The number of hydrogen-bond acceptors (Lipinski definition) is 2. The summed E-state index contributed by atoms with van der Waals surface area (Å²) in [5.74, 6) is 0. The minimum Gasteiger partial charge on any atom is -0.392 e. The molecule has 0 fully saturated rings. The topological polar surface area (TPSA) is 40.5 Å². The highest BCUT2D eigenvalue weighted by molar-refractivity contribution is 6.22. The first-order valence-corrected chi connectivity index (χ1v) is 10.9. The van der Waals surface area contributed by atoms with Crippen molar-refractivity contribution in [2.75, 3.05) is 0 Å². The van der Waals surface area contributed by atoms with Gasteiger partial charge in [-0.3, -0.25) is 0 Å². The maximum Gasteiger partial charge on any atom is 0.0694 e. The normalized spacial score (nSPS) is 11.7. The monoisotopic (exact) mass is 414 g/mol. The highest BCUT2D eigenvalue weighted by Gasteiger charge is 2.21. The van der Waals surface area contributed by atoms with Crippen molar-refractivity contribution in [2.24, 2.45) is 0 Å². The lowest BCUT2D eigenvalue weighted by Crippen LogP contribution is -2.00. The number of fused-ring (bicyclic) bond motifs is 6. The van der Waals surface area contributed by atoms with E-state index in [0.29, 0.717) is 0 Å². The predicted molar refractivity (Wildman–Crippen MR) is 134 cm³/mol. The van der Waals surface area contributed by atoms with Crippen LogP contribution in [-0.2, 0) is 13.2 Å². The minimum atomic E-state index is -0.0767. The molecule has 0 saturated heterocycles. The zero-order valence-corrected chi connectivity index (χ0v) is 17.5. The van der Waals surface area contributed by atoms with Crippen LogP contribution in [0.15, 0.2) is 97.1 Å². The second-order valence-corrected chi connectivity index (χ2v) is 8.21. The number of aliphatic hydroxyl groups is 2. The molecule has 0 unspecified atom stereocenters. The van der Waals surface area contributed by atoms with Gasteiger partial charge in [0.1, 0.15) is 0 Å². The van der Waals surface area contributed by atoms with E-state index in [1.54, 1.807) is 0 Å². The van der Waals surface area contributed by atoms with Gasteiger partial charge in [-0.05, 0) is 65.3 Å². The van der Waals surface area contributed by atoms with Crippen LogP contribution in [-0.4, -0.2) is 10.2 Å². The lowest BCUT2D eigenvalue weighted by atomic mass is 9.82. The van der Waals surface area contributed by atoms with E-state index >= 15 is 0 Å². The standard InChI is InChI=1S/C30H22O2/c31-17-27-23-13-3-1-9-19(23)21-11-5-7-15-25(21)29(27)30-26-16-8-6-12-22(26)20-10-2-4-14-24(20)28(30)18-32/h1-16,31-32H,17-18H2. The van der Waals surface area contributed by atoms with Crippen molar-refractivity contribution in [3.63, 3.8) is 0 Å². The van der Waals surface area contributed by atoms with Crippen molar-refractivity contribution >= 4 is 43.1 Å². The summed E-state index contributed by atoms with van der Waals surface area (Å²) in [6.45, 7) is -0.153. The van der Waals surface area contributed by atoms with Gasteiger partial charge in [-0.2, -0.15) is 0 Å². The van der Waals surface area contributed by atoms with E-state index in [1.807, 2.05) is 36.4 Å². The van der Waals surface area contributed by atoms with Crippen LogP contribution in [0.1, 0.15) is 11.1 Å². The molecule has 2 heteroatoms. The molecule has 0 heterocycles. The lowest BCUT2D eigenvalue weighted by Gasteiger charge is -2.22. The summed E-state index contributed by atoms with van der Waals surface area (Å²) in [6, 6.07) is 33.3. The molecule has 0 aliphatic heterocycles. The molecule has 2 N–H and O–H groups in total. The molecule has 0 aliphatic carbocycles. The molecule has 0 bridgehead atoms. The lowest BCUT2D eigenvalue weighted by molar-refractivity contribution is 0.282. The molecular weight excluding hydrogens is 392 g/mol. The molecule has 32 heavy (non-hydrogen) atoms. The van der Waals surface area contributed by atoms with Crippen molar-refractivity contribution < 1.29 is 10.2 Å². The van der Waals surface area contributed by atoms with Gasteiger partial charge in [-0.15, -0.1) is 0 Å². The van der Waals surface area contributed by atoms with Gasteiger partial charge >= 0.3 is 0 Å². The third kappa shape index (κ3) is 2.61. The van der Waals surface area contributed by atoms with Crippen LogP contribution in [0.2, 0.25) is 0 Å². The highest BCUT2D eigenvalue weighted by atomic mass is 16.3. The van der Waals surface area contributed by atoms with Crippen molar-refractivity contribution in [1.82, 2.24) is 0 Å². The molecule has 0 aromatic heterocycles. The maximum absolute atomic E-state index is 10.6. The Morgan fingerprint density at radius 2 is 0.594 bits per heavy atom. The van der Waals surface area contributed by atoms with E-state index in [4.69, 9.17) is 0 Å². The van der Waals surface area contributed by atoms with E-state index in [0.717, 1.165) is 65.3 Å². The van der Waals surface area contributed by atoms with E-state index in [-0.39, 0.29) is 13.2 Å². The molecular formula is C30H22O2. The van der Waals surface area contributed by atoms with Crippen LogP contribution in [0.25, 0.3) is 54.2 Å².